The molecule has 3 heteroatoms. The lowest BCUT2D eigenvalue weighted by Crippen LogP contribution is -2.28. The number of aryl methyl sites for hydroxylation is 1. The first kappa shape index (κ1) is 29.2. The highest BCUT2D eigenvalue weighted by Crippen LogP contribution is 2.50. The van der Waals surface area contributed by atoms with Gasteiger partial charge in [-0.1, -0.05) is 118 Å². The summed E-state index contributed by atoms with van der Waals surface area (Å²) in [5.74, 6) is -0.917. The van der Waals surface area contributed by atoms with Crippen molar-refractivity contribution in [3.63, 3.8) is 0 Å². The van der Waals surface area contributed by atoms with E-state index in [2.05, 4.69) is 137 Å². The lowest BCUT2D eigenvalue weighted by molar-refractivity contribution is 0.0697. The van der Waals surface area contributed by atoms with E-state index in [1.807, 2.05) is 12.1 Å². The summed E-state index contributed by atoms with van der Waals surface area (Å²) in [5.41, 5.74) is 8.04. The summed E-state index contributed by atoms with van der Waals surface area (Å²) < 4.78 is 0. The van der Waals surface area contributed by atoms with Gasteiger partial charge in [0.1, 0.15) is 0 Å². The first-order chi connectivity index (χ1) is 21.0. The molecule has 1 atom stereocenters. The molecule has 44 heavy (non-hydrogen) atoms. The zero-order valence-electron chi connectivity index (χ0n) is 26.2. The number of hydrogen-bond acceptors (Lipinski definition) is 2. The van der Waals surface area contributed by atoms with Gasteiger partial charge in [-0.15, -0.1) is 0 Å². The number of carboxylic acid groups (broad SMARTS) is 1. The Bertz CT molecular complexity index is 1990. The van der Waals surface area contributed by atoms with Crippen LogP contribution in [0.15, 0.2) is 133 Å². The second kappa shape index (κ2) is 11.0. The summed E-state index contributed by atoms with van der Waals surface area (Å²) in [5, 5.41) is 14.4. The van der Waals surface area contributed by atoms with E-state index in [0.717, 1.165) is 11.1 Å². The van der Waals surface area contributed by atoms with Gasteiger partial charge in [-0.3, -0.25) is 0 Å². The molecule has 3 nitrogen and oxygen atoms in total. The number of likely N-dealkylation sites (N-methyl/N-ethyl adjacent to an activating group) is 1. The third kappa shape index (κ3) is 4.83. The Labute approximate surface area is 260 Å². The van der Waals surface area contributed by atoms with Gasteiger partial charge in [0.2, 0.25) is 0 Å². The molecule has 0 fully saturated rings. The standard InChI is InChI=1S/C41H39NO2/c1-27-18-21-30-13-7-9-15-33(30)37(27)41(5,26-29-19-22-32(23-20-29)39(43)44)28(2)12-11-17-36-40(3,4)38-34-16-10-8-14-31(34)24-25-35(38)42(36)6/h7-25H,2,26H2,1,3-6H3,(H,43,44)/b12-11+,36-17-. The number of carbonyl (C=O) groups is 1. The Balaban J connectivity index is 1.41. The maximum atomic E-state index is 11.5. The SMILES string of the molecule is C=C(/C=C/C=C1\N(C)c2ccc3ccccc3c2C1(C)C)C(C)(Cc1ccc(C(=O)O)cc1)c1c(C)ccc2ccccc12. The van der Waals surface area contributed by atoms with Gasteiger partial charge in [0.25, 0.3) is 0 Å². The quantitative estimate of drug-likeness (QED) is 0.196. The first-order valence-electron chi connectivity index (χ1n) is 15.2. The first-order valence-corrected chi connectivity index (χ1v) is 15.2. The van der Waals surface area contributed by atoms with Crippen LogP contribution in [0.3, 0.4) is 0 Å². The lowest BCUT2D eigenvalue weighted by atomic mass is 9.69. The van der Waals surface area contributed by atoms with Crippen LogP contribution in [0.25, 0.3) is 21.5 Å². The van der Waals surface area contributed by atoms with Crippen LogP contribution in [0.2, 0.25) is 0 Å². The van der Waals surface area contributed by atoms with Crippen molar-refractivity contribution >= 4 is 33.2 Å². The summed E-state index contributed by atoms with van der Waals surface area (Å²) >= 11 is 0. The molecule has 5 aromatic rings. The van der Waals surface area contributed by atoms with Gasteiger partial charge in [-0.25, -0.2) is 4.79 Å². The second-order valence-corrected chi connectivity index (χ2v) is 12.8. The molecule has 0 radical (unpaired) electrons. The van der Waals surface area contributed by atoms with E-state index >= 15 is 0 Å². The van der Waals surface area contributed by atoms with Gasteiger partial charge in [0, 0.05) is 29.3 Å². The summed E-state index contributed by atoms with van der Waals surface area (Å²) in [6.45, 7) is 13.7. The number of carboxylic acids is 1. The number of aromatic carboxylic acids is 1. The number of benzene rings is 5. The van der Waals surface area contributed by atoms with Crippen LogP contribution >= 0.6 is 0 Å². The van der Waals surface area contributed by atoms with Gasteiger partial charge in [-0.05, 0) is 87.0 Å². The number of hydrogen-bond donors (Lipinski definition) is 1. The van der Waals surface area contributed by atoms with Crippen LogP contribution in [0.5, 0.6) is 0 Å². The Hall–Kier alpha value is -4.89. The molecule has 0 saturated carbocycles. The van der Waals surface area contributed by atoms with Gasteiger partial charge >= 0.3 is 5.97 Å². The topological polar surface area (TPSA) is 40.5 Å². The van der Waals surface area contributed by atoms with Crippen molar-refractivity contribution in [3.05, 3.63) is 161 Å². The van der Waals surface area contributed by atoms with Crippen molar-refractivity contribution in [1.29, 1.82) is 0 Å². The maximum absolute atomic E-state index is 11.5. The van der Waals surface area contributed by atoms with Crippen molar-refractivity contribution in [3.8, 4) is 0 Å². The predicted molar refractivity (Wildman–Crippen MR) is 185 cm³/mol. The Morgan fingerprint density at radius 1 is 0.886 bits per heavy atom. The maximum Gasteiger partial charge on any atom is 0.335 e. The summed E-state index contributed by atoms with van der Waals surface area (Å²) in [7, 11) is 2.15. The molecule has 0 bridgehead atoms. The van der Waals surface area contributed by atoms with Crippen LogP contribution in [0.1, 0.15) is 53.4 Å². The molecular weight excluding hydrogens is 538 g/mol. The fraction of sp³-hybridized carbons (Fsp3) is 0.195. The largest absolute Gasteiger partial charge is 0.478 e. The van der Waals surface area contributed by atoms with Gasteiger partial charge in [0.05, 0.1) is 5.56 Å². The molecule has 0 spiro atoms. The van der Waals surface area contributed by atoms with Crippen LogP contribution in [-0.2, 0) is 17.3 Å². The Kier molecular flexibility index (Phi) is 7.29. The molecular formula is C41H39NO2. The molecule has 1 N–H and O–H groups in total. The molecule has 1 aliphatic heterocycles. The van der Waals surface area contributed by atoms with Gasteiger partial charge in [-0.2, -0.15) is 0 Å². The second-order valence-electron chi connectivity index (χ2n) is 12.8. The molecule has 1 aliphatic rings. The number of nitrogens with zero attached hydrogens (tertiary/aromatic N) is 1. The third-order valence-corrected chi connectivity index (χ3v) is 9.60. The molecule has 6 rings (SSSR count). The highest BCUT2D eigenvalue weighted by atomic mass is 16.4. The molecule has 1 heterocycles. The molecule has 1 unspecified atom stereocenters. The van der Waals surface area contributed by atoms with Crippen LogP contribution in [0, 0.1) is 6.92 Å². The molecule has 0 amide bonds. The average Bonchev–Trinajstić information content (AvgIpc) is 3.21. The number of rotatable bonds is 7. The number of anilines is 1. The lowest BCUT2D eigenvalue weighted by Gasteiger charge is -2.34. The third-order valence-electron chi connectivity index (χ3n) is 9.60. The van der Waals surface area contributed by atoms with E-state index in [1.54, 1.807) is 12.1 Å². The monoisotopic (exact) mass is 577 g/mol. The fourth-order valence-corrected chi connectivity index (χ4v) is 7.28. The highest BCUT2D eigenvalue weighted by molar-refractivity contribution is 5.95. The van der Waals surface area contributed by atoms with Gasteiger partial charge in [0.15, 0.2) is 0 Å². The molecule has 5 aromatic carbocycles. The highest BCUT2D eigenvalue weighted by Gasteiger charge is 2.39. The summed E-state index contributed by atoms with van der Waals surface area (Å²) in [4.78, 5) is 13.8. The average molecular weight is 578 g/mol. The zero-order valence-corrected chi connectivity index (χ0v) is 26.2. The van der Waals surface area contributed by atoms with E-state index in [-0.39, 0.29) is 5.41 Å². The predicted octanol–water partition coefficient (Wildman–Crippen LogP) is 9.92. The summed E-state index contributed by atoms with van der Waals surface area (Å²) in [6, 6.07) is 33.2. The van der Waals surface area contributed by atoms with Gasteiger partial charge < -0.3 is 10.0 Å². The van der Waals surface area contributed by atoms with E-state index in [1.165, 1.54) is 49.6 Å². The minimum Gasteiger partial charge on any atom is -0.478 e. The van der Waals surface area contributed by atoms with E-state index in [0.29, 0.717) is 12.0 Å². The normalized spacial score (nSPS) is 16.5. The molecule has 0 aromatic heterocycles. The molecule has 0 aliphatic carbocycles. The van der Waals surface area contributed by atoms with E-state index < -0.39 is 11.4 Å². The molecule has 220 valence electrons. The number of allylic oxidation sites excluding steroid dienone is 5. The minimum atomic E-state index is -0.917. The Morgan fingerprint density at radius 2 is 1.50 bits per heavy atom. The van der Waals surface area contributed by atoms with Crippen LogP contribution < -0.4 is 4.90 Å². The van der Waals surface area contributed by atoms with Crippen molar-refractivity contribution in [2.45, 2.75) is 44.9 Å². The number of fused-ring (bicyclic) bond motifs is 4. The van der Waals surface area contributed by atoms with Crippen molar-refractivity contribution in [1.82, 2.24) is 0 Å². The van der Waals surface area contributed by atoms with Crippen molar-refractivity contribution in [2.24, 2.45) is 0 Å². The Morgan fingerprint density at radius 3 is 2.18 bits per heavy atom. The molecule has 0 saturated heterocycles. The van der Waals surface area contributed by atoms with E-state index in [9.17, 15) is 9.90 Å². The smallest absolute Gasteiger partial charge is 0.335 e. The zero-order chi connectivity index (χ0) is 31.2. The van der Waals surface area contributed by atoms with Crippen molar-refractivity contribution < 1.29 is 9.90 Å². The van der Waals surface area contributed by atoms with E-state index in [4.69, 9.17) is 0 Å². The van der Waals surface area contributed by atoms with Crippen molar-refractivity contribution in [2.75, 3.05) is 11.9 Å². The van der Waals surface area contributed by atoms with Crippen LogP contribution in [-0.4, -0.2) is 18.1 Å². The fourth-order valence-electron chi connectivity index (χ4n) is 7.28. The minimum absolute atomic E-state index is 0.169. The van der Waals surface area contributed by atoms with Crippen LogP contribution in [0.4, 0.5) is 5.69 Å². The summed E-state index contributed by atoms with van der Waals surface area (Å²) in [6.07, 6.45) is 7.23.